The topological polar surface area (TPSA) is 72.2 Å². The van der Waals surface area contributed by atoms with Gasteiger partial charge in [0.25, 0.3) is 5.78 Å². The lowest BCUT2D eigenvalue weighted by atomic mass is 10.1. The van der Waals surface area contributed by atoms with Crippen LogP contribution in [0.2, 0.25) is 0 Å². The van der Waals surface area contributed by atoms with E-state index in [9.17, 15) is 4.79 Å². The first-order valence-electron chi connectivity index (χ1n) is 8.56. The van der Waals surface area contributed by atoms with Crippen molar-refractivity contribution in [2.24, 2.45) is 0 Å². The molecular weight excluding hydrogens is 314 g/mol. The minimum Gasteiger partial charge on any atom is -0.356 e. The largest absolute Gasteiger partial charge is 0.356 e. The van der Waals surface area contributed by atoms with E-state index in [0.29, 0.717) is 24.6 Å². The van der Waals surface area contributed by atoms with E-state index in [4.69, 9.17) is 0 Å². The molecule has 1 aromatic carbocycles. The highest BCUT2D eigenvalue weighted by Crippen LogP contribution is 2.20. The molecule has 0 saturated heterocycles. The number of rotatable bonds is 5. The summed E-state index contributed by atoms with van der Waals surface area (Å²) in [7, 11) is 0. The number of nitrogens with zero attached hydrogens (tertiary/aromatic N) is 4. The molecule has 2 heterocycles. The third-order valence-corrected chi connectivity index (χ3v) is 4.23. The molecule has 130 valence electrons. The van der Waals surface area contributed by atoms with Gasteiger partial charge in [-0.25, -0.2) is 9.50 Å². The molecule has 1 amide bonds. The zero-order valence-corrected chi connectivity index (χ0v) is 15.1. The quantitative estimate of drug-likeness (QED) is 0.777. The van der Waals surface area contributed by atoms with Crippen LogP contribution in [0.3, 0.4) is 0 Å². The highest BCUT2D eigenvalue weighted by molar-refractivity contribution is 5.79. The fourth-order valence-electron chi connectivity index (χ4n) is 2.86. The Morgan fingerprint density at radius 1 is 1.20 bits per heavy atom. The SMILES string of the molecule is CCCNC(=O)Cc1c(C)nc2nc(-c3cccc(C)c3)nn2c1C. The standard InChI is InChI=1S/C19H23N5O/c1-5-9-20-17(25)11-16-13(3)21-19-22-18(23-24(19)14(16)4)15-8-6-7-12(2)10-15/h6-8,10H,5,9,11H2,1-4H3,(H,20,25). The lowest BCUT2D eigenvalue weighted by molar-refractivity contribution is -0.120. The lowest BCUT2D eigenvalue weighted by Gasteiger charge is -2.10. The second-order valence-corrected chi connectivity index (χ2v) is 6.30. The van der Waals surface area contributed by atoms with Crippen LogP contribution in [0.5, 0.6) is 0 Å². The summed E-state index contributed by atoms with van der Waals surface area (Å²) in [5, 5.41) is 7.51. The number of benzene rings is 1. The Hall–Kier alpha value is -2.76. The van der Waals surface area contributed by atoms with Crippen molar-refractivity contribution in [3.05, 3.63) is 46.8 Å². The van der Waals surface area contributed by atoms with Crippen LogP contribution in [0.4, 0.5) is 0 Å². The van der Waals surface area contributed by atoms with E-state index >= 15 is 0 Å². The van der Waals surface area contributed by atoms with Crippen molar-refractivity contribution in [1.82, 2.24) is 24.9 Å². The van der Waals surface area contributed by atoms with Crippen molar-refractivity contribution in [2.45, 2.75) is 40.5 Å². The number of amides is 1. The van der Waals surface area contributed by atoms with Gasteiger partial charge < -0.3 is 5.32 Å². The van der Waals surface area contributed by atoms with E-state index in [1.165, 1.54) is 0 Å². The number of aryl methyl sites for hydroxylation is 3. The van der Waals surface area contributed by atoms with E-state index in [2.05, 4.69) is 26.4 Å². The average molecular weight is 337 g/mol. The van der Waals surface area contributed by atoms with Gasteiger partial charge in [-0.05, 0) is 33.3 Å². The summed E-state index contributed by atoms with van der Waals surface area (Å²) in [5.74, 6) is 1.21. The molecule has 0 radical (unpaired) electrons. The molecule has 1 N–H and O–H groups in total. The van der Waals surface area contributed by atoms with Gasteiger partial charge in [0, 0.05) is 29.1 Å². The Morgan fingerprint density at radius 2 is 2.00 bits per heavy atom. The predicted molar refractivity (Wildman–Crippen MR) is 97.4 cm³/mol. The van der Waals surface area contributed by atoms with Gasteiger partial charge in [0.15, 0.2) is 5.82 Å². The van der Waals surface area contributed by atoms with Crippen LogP contribution in [-0.2, 0) is 11.2 Å². The molecule has 0 bridgehead atoms. The molecule has 0 aliphatic rings. The van der Waals surface area contributed by atoms with E-state index in [-0.39, 0.29) is 5.91 Å². The molecule has 3 rings (SSSR count). The molecule has 0 atom stereocenters. The maximum absolute atomic E-state index is 12.1. The molecule has 0 spiro atoms. The van der Waals surface area contributed by atoms with Gasteiger partial charge in [0.05, 0.1) is 6.42 Å². The third kappa shape index (κ3) is 3.52. The number of hydrogen-bond acceptors (Lipinski definition) is 4. The third-order valence-electron chi connectivity index (χ3n) is 4.23. The van der Waals surface area contributed by atoms with Crippen molar-refractivity contribution in [2.75, 3.05) is 6.54 Å². The fourth-order valence-corrected chi connectivity index (χ4v) is 2.86. The number of carbonyl (C=O) groups excluding carboxylic acids is 1. The summed E-state index contributed by atoms with van der Waals surface area (Å²) in [6, 6.07) is 8.07. The molecule has 0 unspecified atom stereocenters. The molecule has 6 nitrogen and oxygen atoms in total. The van der Waals surface area contributed by atoms with Crippen molar-refractivity contribution in [3.8, 4) is 11.4 Å². The molecule has 0 aliphatic carbocycles. The fraction of sp³-hybridized carbons (Fsp3) is 0.368. The Balaban J connectivity index is 2.00. The summed E-state index contributed by atoms with van der Waals surface area (Å²) >= 11 is 0. The molecule has 2 aromatic heterocycles. The summed E-state index contributed by atoms with van der Waals surface area (Å²) in [4.78, 5) is 21.2. The van der Waals surface area contributed by atoms with Crippen LogP contribution in [0.15, 0.2) is 24.3 Å². The summed E-state index contributed by atoms with van der Waals surface area (Å²) in [6.07, 6.45) is 1.23. The average Bonchev–Trinajstić information content (AvgIpc) is 3.01. The van der Waals surface area contributed by atoms with Crippen LogP contribution in [0.1, 0.15) is 35.9 Å². The van der Waals surface area contributed by atoms with Gasteiger partial charge in [-0.2, -0.15) is 4.98 Å². The second-order valence-electron chi connectivity index (χ2n) is 6.30. The smallest absolute Gasteiger partial charge is 0.253 e. The summed E-state index contributed by atoms with van der Waals surface area (Å²) in [5.41, 5.74) is 4.75. The van der Waals surface area contributed by atoms with Crippen LogP contribution >= 0.6 is 0 Å². The molecule has 6 heteroatoms. The highest BCUT2D eigenvalue weighted by Gasteiger charge is 2.16. The van der Waals surface area contributed by atoms with E-state index in [1.54, 1.807) is 4.52 Å². The van der Waals surface area contributed by atoms with Crippen LogP contribution in [-0.4, -0.2) is 32.0 Å². The van der Waals surface area contributed by atoms with Gasteiger partial charge in [0.1, 0.15) is 0 Å². The zero-order chi connectivity index (χ0) is 18.0. The summed E-state index contributed by atoms with van der Waals surface area (Å²) < 4.78 is 1.73. The van der Waals surface area contributed by atoms with Crippen LogP contribution in [0.25, 0.3) is 17.2 Å². The second kappa shape index (κ2) is 7.01. The van der Waals surface area contributed by atoms with Crippen molar-refractivity contribution >= 4 is 11.7 Å². The van der Waals surface area contributed by atoms with Crippen molar-refractivity contribution < 1.29 is 4.79 Å². The zero-order valence-electron chi connectivity index (χ0n) is 15.1. The minimum absolute atomic E-state index is 0.00761. The molecule has 0 fully saturated rings. The monoisotopic (exact) mass is 337 g/mol. The first-order valence-corrected chi connectivity index (χ1v) is 8.56. The van der Waals surface area contributed by atoms with Gasteiger partial charge in [-0.3, -0.25) is 4.79 Å². The van der Waals surface area contributed by atoms with E-state index in [1.807, 2.05) is 45.9 Å². The Kier molecular flexibility index (Phi) is 4.79. The molecule has 0 saturated carbocycles. The van der Waals surface area contributed by atoms with Crippen LogP contribution in [0, 0.1) is 20.8 Å². The number of nitrogens with one attached hydrogen (secondary N) is 1. The first-order chi connectivity index (χ1) is 12.0. The van der Waals surface area contributed by atoms with Gasteiger partial charge in [-0.1, -0.05) is 30.7 Å². The van der Waals surface area contributed by atoms with Gasteiger partial charge >= 0.3 is 0 Å². The van der Waals surface area contributed by atoms with E-state index in [0.717, 1.165) is 34.5 Å². The Bertz CT molecular complexity index is 929. The van der Waals surface area contributed by atoms with Crippen molar-refractivity contribution in [1.29, 1.82) is 0 Å². The maximum atomic E-state index is 12.1. The Morgan fingerprint density at radius 3 is 2.72 bits per heavy atom. The summed E-state index contributed by atoms with van der Waals surface area (Å²) in [6.45, 7) is 8.63. The number of fused-ring (bicyclic) bond motifs is 1. The molecule has 3 aromatic rings. The van der Waals surface area contributed by atoms with Crippen LogP contribution < -0.4 is 5.32 Å². The number of aromatic nitrogens is 4. The first kappa shape index (κ1) is 17.1. The van der Waals surface area contributed by atoms with E-state index < -0.39 is 0 Å². The normalized spacial score (nSPS) is 11.0. The Labute approximate surface area is 147 Å². The molecule has 25 heavy (non-hydrogen) atoms. The molecule has 0 aliphatic heterocycles. The van der Waals surface area contributed by atoms with Gasteiger partial charge in [-0.15, -0.1) is 5.10 Å². The highest BCUT2D eigenvalue weighted by atomic mass is 16.1. The van der Waals surface area contributed by atoms with Gasteiger partial charge in [0.2, 0.25) is 5.91 Å². The molecular formula is C19H23N5O. The lowest BCUT2D eigenvalue weighted by Crippen LogP contribution is -2.26. The number of hydrogen-bond donors (Lipinski definition) is 1. The maximum Gasteiger partial charge on any atom is 0.253 e. The van der Waals surface area contributed by atoms with Crippen molar-refractivity contribution in [3.63, 3.8) is 0 Å². The minimum atomic E-state index is 0.00761. The predicted octanol–water partition coefficient (Wildman–Crippen LogP) is 2.79. The number of carbonyl (C=O) groups is 1.